The number of carbonyl (C=O) groups is 1. The average Bonchev–Trinajstić information content (AvgIpc) is 2.28. The summed E-state index contributed by atoms with van der Waals surface area (Å²) in [5.41, 5.74) is 0.560. The molecule has 16 heavy (non-hydrogen) atoms. The molecule has 1 aromatic rings. The van der Waals surface area contributed by atoms with E-state index in [1.807, 2.05) is 0 Å². The van der Waals surface area contributed by atoms with Crippen LogP contribution in [0.4, 0.5) is 0 Å². The molecule has 0 radical (unpaired) electrons. The Bertz CT molecular complexity index is 469. The van der Waals surface area contributed by atoms with Crippen molar-refractivity contribution in [2.45, 2.75) is 37.3 Å². The Kier molecular flexibility index (Phi) is 3.86. The molecule has 0 saturated carbocycles. The number of Topliss-reactive ketones (excluding diaryl/α,β-unsaturated/α-hetero) is 1. The van der Waals surface area contributed by atoms with Crippen LogP contribution in [0, 0.1) is 0 Å². The van der Waals surface area contributed by atoms with Crippen LogP contribution in [-0.4, -0.2) is 19.5 Å². The van der Waals surface area contributed by atoms with Crippen LogP contribution in [0.15, 0.2) is 29.2 Å². The van der Waals surface area contributed by atoms with E-state index in [0.29, 0.717) is 12.0 Å². The summed E-state index contributed by atoms with van der Waals surface area (Å²) in [6, 6.07) is 6.14. The molecule has 0 aliphatic heterocycles. The molecule has 88 valence electrons. The third kappa shape index (κ3) is 2.50. The Morgan fingerprint density at radius 1 is 1.19 bits per heavy atom. The first-order chi connectivity index (χ1) is 7.39. The van der Waals surface area contributed by atoms with Crippen molar-refractivity contribution >= 4 is 15.6 Å². The molecule has 1 aromatic carbocycles. The molecule has 0 amide bonds. The van der Waals surface area contributed by atoms with Crippen molar-refractivity contribution in [1.82, 2.24) is 0 Å². The second-order valence-corrected chi connectivity index (χ2v) is 6.40. The highest BCUT2D eigenvalue weighted by molar-refractivity contribution is 7.92. The first-order valence-electron chi connectivity index (χ1n) is 5.26. The topological polar surface area (TPSA) is 51.2 Å². The summed E-state index contributed by atoms with van der Waals surface area (Å²) >= 11 is 0. The van der Waals surface area contributed by atoms with Crippen molar-refractivity contribution in [2.24, 2.45) is 0 Å². The predicted molar refractivity (Wildman–Crippen MR) is 63.4 cm³/mol. The largest absolute Gasteiger partial charge is 0.294 e. The van der Waals surface area contributed by atoms with Gasteiger partial charge in [-0.3, -0.25) is 4.79 Å². The van der Waals surface area contributed by atoms with E-state index in [2.05, 4.69) is 0 Å². The zero-order chi connectivity index (χ0) is 12.3. The monoisotopic (exact) mass is 240 g/mol. The zero-order valence-corrected chi connectivity index (χ0v) is 10.5. The third-order valence-corrected chi connectivity index (χ3v) is 4.62. The SMILES string of the molecule is CCC(=O)c1ccc(S(=O)(=O)C(C)C)cc1. The maximum Gasteiger partial charge on any atom is 0.180 e. The van der Waals surface area contributed by atoms with Gasteiger partial charge in [-0.15, -0.1) is 0 Å². The van der Waals surface area contributed by atoms with Gasteiger partial charge in [-0.1, -0.05) is 19.1 Å². The molecule has 0 saturated heterocycles. The molecule has 0 fully saturated rings. The van der Waals surface area contributed by atoms with E-state index in [1.165, 1.54) is 12.1 Å². The zero-order valence-electron chi connectivity index (χ0n) is 9.73. The molecule has 4 heteroatoms. The highest BCUT2D eigenvalue weighted by atomic mass is 32.2. The molecule has 0 unspecified atom stereocenters. The Hall–Kier alpha value is -1.16. The van der Waals surface area contributed by atoms with Gasteiger partial charge in [-0.2, -0.15) is 0 Å². The van der Waals surface area contributed by atoms with E-state index in [1.54, 1.807) is 32.9 Å². The lowest BCUT2D eigenvalue weighted by molar-refractivity contribution is 0.0988. The molecule has 0 spiro atoms. The summed E-state index contributed by atoms with van der Waals surface area (Å²) in [6.07, 6.45) is 0.427. The molecular formula is C12H16O3S. The fourth-order valence-corrected chi connectivity index (χ4v) is 2.37. The fourth-order valence-electron chi connectivity index (χ4n) is 1.31. The van der Waals surface area contributed by atoms with Crippen LogP contribution in [0.5, 0.6) is 0 Å². The van der Waals surface area contributed by atoms with Gasteiger partial charge in [0.25, 0.3) is 0 Å². The smallest absolute Gasteiger partial charge is 0.180 e. The van der Waals surface area contributed by atoms with E-state index in [4.69, 9.17) is 0 Å². The maximum atomic E-state index is 11.8. The van der Waals surface area contributed by atoms with Gasteiger partial charge in [0, 0.05) is 12.0 Å². The maximum absolute atomic E-state index is 11.8. The molecule has 3 nitrogen and oxygen atoms in total. The van der Waals surface area contributed by atoms with Crippen LogP contribution in [0.2, 0.25) is 0 Å². The minimum Gasteiger partial charge on any atom is -0.294 e. The minimum atomic E-state index is -3.24. The average molecular weight is 240 g/mol. The van der Waals surface area contributed by atoms with Crippen molar-refractivity contribution in [3.05, 3.63) is 29.8 Å². The van der Waals surface area contributed by atoms with Crippen molar-refractivity contribution < 1.29 is 13.2 Å². The van der Waals surface area contributed by atoms with E-state index in [9.17, 15) is 13.2 Å². The van der Waals surface area contributed by atoms with Crippen LogP contribution in [-0.2, 0) is 9.84 Å². The first-order valence-corrected chi connectivity index (χ1v) is 6.81. The lowest BCUT2D eigenvalue weighted by Crippen LogP contribution is -2.14. The van der Waals surface area contributed by atoms with Gasteiger partial charge >= 0.3 is 0 Å². The Morgan fingerprint density at radius 3 is 2.06 bits per heavy atom. The predicted octanol–water partition coefficient (Wildman–Crippen LogP) is 2.46. The lowest BCUT2D eigenvalue weighted by Gasteiger charge is -2.07. The van der Waals surface area contributed by atoms with Gasteiger partial charge in [0.05, 0.1) is 10.1 Å². The number of benzene rings is 1. The van der Waals surface area contributed by atoms with Crippen LogP contribution < -0.4 is 0 Å². The summed E-state index contributed by atoms with van der Waals surface area (Å²) < 4.78 is 23.6. The van der Waals surface area contributed by atoms with Crippen molar-refractivity contribution in [3.63, 3.8) is 0 Å². The molecule has 0 aromatic heterocycles. The van der Waals surface area contributed by atoms with Gasteiger partial charge < -0.3 is 0 Å². The van der Waals surface area contributed by atoms with E-state index in [-0.39, 0.29) is 10.7 Å². The number of hydrogen-bond acceptors (Lipinski definition) is 3. The summed E-state index contributed by atoms with van der Waals surface area (Å²) in [6.45, 7) is 5.06. The van der Waals surface area contributed by atoms with E-state index >= 15 is 0 Å². The number of sulfone groups is 1. The van der Waals surface area contributed by atoms with Gasteiger partial charge in [0.1, 0.15) is 0 Å². The highest BCUT2D eigenvalue weighted by Gasteiger charge is 2.18. The molecule has 0 heterocycles. The van der Waals surface area contributed by atoms with E-state index < -0.39 is 15.1 Å². The molecule has 0 aliphatic carbocycles. The molecule has 0 aliphatic rings. The van der Waals surface area contributed by atoms with Crippen LogP contribution in [0.25, 0.3) is 0 Å². The second-order valence-electron chi connectivity index (χ2n) is 3.89. The number of carbonyl (C=O) groups excluding carboxylic acids is 1. The summed E-state index contributed by atoms with van der Waals surface area (Å²) in [5, 5.41) is -0.444. The van der Waals surface area contributed by atoms with Crippen LogP contribution in [0.3, 0.4) is 0 Å². The molecule has 0 bridgehead atoms. The van der Waals surface area contributed by atoms with Gasteiger partial charge in [-0.25, -0.2) is 8.42 Å². The van der Waals surface area contributed by atoms with Crippen molar-refractivity contribution in [2.75, 3.05) is 0 Å². The van der Waals surface area contributed by atoms with Crippen molar-refractivity contribution in [1.29, 1.82) is 0 Å². The highest BCUT2D eigenvalue weighted by Crippen LogP contribution is 2.17. The summed E-state index contributed by atoms with van der Waals surface area (Å²) in [4.78, 5) is 11.6. The van der Waals surface area contributed by atoms with Crippen LogP contribution >= 0.6 is 0 Å². The second kappa shape index (κ2) is 4.78. The fraction of sp³-hybridized carbons (Fsp3) is 0.417. The third-order valence-electron chi connectivity index (χ3n) is 2.45. The Balaban J connectivity index is 3.10. The number of ketones is 1. The Morgan fingerprint density at radius 2 is 1.69 bits per heavy atom. The number of rotatable bonds is 4. The summed E-state index contributed by atoms with van der Waals surface area (Å²) in [7, 11) is -3.24. The lowest BCUT2D eigenvalue weighted by atomic mass is 10.1. The van der Waals surface area contributed by atoms with Gasteiger partial charge in [-0.05, 0) is 26.0 Å². The van der Waals surface area contributed by atoms with Gasteiger partial charge in [0.15, 0.2) is 15.6 Å². The van der Waals surface area contributed by atoms with E-state index in [0.717, 1.165) is 0 Å². The molecule has 0 atom stereocenters. The minimum absolute atomic E-state index is 0.0218. The Labute approximate surface area is 96.4 Å². The quantitative estimate of drug-likeness (QED) is 0.760. The first kappa shape index (κ1) is 12.9. The van der Waals surface area contributed by atoms with Crippen LogP contribution in [0.1, 0.15) is 37.6 Å². The summed E-state index contributed by atoms with van der Waals surface area (Å²) in [5.74, 6) is 0.0218. The van der Waals surface area contributed by atoms with Gasteiger partial charge in [0.2, 0.25) is 0 Å². The molecular weight excluding hydrogens is 224 g/mol. The molecule has 1 rings (SSSR count). The molecule has 0 N–H and O–H groups in total. The van der Waals surface area contributed by atoms with Crippen molar-refractivity contribution in [3.8, 4) is 0 Å². The normalized spacial score (nSPS) is 11.8. The number of hydrogen-bond donors (Lipinski definition) is 0. The standard InChI is InChI=1S/C12H16O3S/c1-4-12(13)10-5-7-11(8-6-10)16(14,15)9(2)3/h5-9H,4H2,1-3H3.